The number of rotatable bonds is 11. The first kappa shape index (κ1) is 30.7. The van der Waals surface area contributed by atoms with Crippen LogP contribution < -0.4 is 9.62 Å². The van der Waals surface area contributed by atoms with E-state index < -0.39 is 28.5 Å². The molecule has 3 rings (SSSR count). The molecule has 0 aliphatic carbocycles. The van der Waals surface area contributed by atoms with E-state index in [0.29, 0.717) is 11.6 Å². The third kappa shape index (κ3) is 7.84. The van der Waals surface area contributed by atoms with Gasteiger partial charge in [0.05, 0.1) is 10.6 Å². The van der Waals surface area contributed by atoms with E-state index in [9.17, 15) is 18.0 Å². The van der Waals surface area contributed by atoms with Crippen LogP contribution in [0, 0.1) is 13.8 Å². The third-order valence-electron chi connectivity index (χ3n) is 6.31. The molecule has 0 aliphatic heterocycles. The number of nitrogens with zero attached hydrogens (tertiary/aromatic N) is 2. The number of halogens is 2. The Morgan fingerprint density at radius 2 is 1.64 bits per heavy atom. The van der Waals surface area contributed by atoms with Crippen molar-refractivity contribution in [3.63, 3.8) is 0 Å². The maximum Gasteiger partial charge on any atom is 0.264 e. The van der Waals surface area contributed by atoms with E-state index in [1.165, 1.54) is 23.1 Å². The van der Waals surface area contributed by atoms with Gasteiger partial charge in [0.15, 0.2) is 0 Å². The first-order valence-electron chi connectivity index (χ1n) is 12.6. The number of hydrogen-bond acceptors (Lipinski definition) is 4. The monoisotopic (exact) mass is 633 g/mol. The Morgan fingerprint density at radius 3 is 2.23 bits per heavy atom. The minimum Gasteiger partial charge on any atom is -0.354 e. The van der Waals surface area contributed by atoms with Crippen LogP contribution in [0.4, 0.5) is 5.69 Å². The van der Waals surface area contributed by atoms with Crippen molar-refractivity contribution in [2.75, 3.05) is 17.4 Å². The lowest BCUT2D eigenvalue weighted by molar-refractivity contribution is -0.139. The second-order valence-corrected chi connectivity index (χ2v) is 12.6. The summed E-state index contributed by atoms with van der Waals surface area (Å²) in [5.41, 5.74) is 2.74. The molecule has 0 heterocycles. The van der Waals surface area contributed by atoms with Crippen molar-refractivity contribution in [1.29, 1.82) is 0 Å². The molecular formula is C29H33BrClN3O4S. The topological polar surface area (TPSA) is 86.8 Å². The molecule has 208 valence electrons. The van der Waals surface area contributed by atoms with E-state index in [2.05, 4.69) is 21.2 Å². The molecule has 0 radical (unpaired) electrons. The van der Waals surface area contributed by atoms with Gasteiger partial charge in [-0.25, -0.2) is 8.42 Å². The largest absolute Gasteiger partial charge is 0.354 e. The van der Waals surface area contributed by atoms with Gasteiger partial charge in [-0.05, 0) is 74.7 Å². The highest BCUT2D eigenvalue weighted by atomic mass is 79.9. The minimum absolute atomic E-state index is 0.0470. The van der Waals surface area contributed by atoms with Crippen LogP contribution in [0.5, 0.6) is 0 Å². The second kappa shape index (κ2) is 13.5. The minimum atomic E-state index is -4.15. The van der Waals surface area contributed by atoms with Crippen molar-refractivity contribution >= 4 is 55.1 Å². The number of aryl methyl sites for hydroxylation is 2. The van der Waals surface area contributed by atoms with Gasteiger partial charge in [0.25, 0.3) is 10.0 Å². The summed E-state index contributed by atoms with van der Waals surface area (Å²) in [6, 6.07) is 17.9. The molecule has 0 bridgehead atoms. The van der Waals surface area contributed by atoms with Crippen molar-refractivity contribution < 1.29 is 18.0 Å². The quantitative estimate of drug-likeness (QED) is 0.286. The molecule has 0 saturated carbocycles. The zero-order valence-corrected chi connectivity index (χ0v) is 25.6. The van der Waals surface area contributed by atoms with Gasteiger partial charge in [0, 0.05) is 22.6 Å². The number of carbonyl (C=O) groups is 2. The number of nitrogens with one attached hydrogen (secondary N) is 1. The lowest BCUT2D eigenvalue weighted by Gasteiger charge is -2.32. The highest BCUT2D eigenvalue weighted by molar-refractivity contribution is 9.10. The van der Waals surface area contributed by atoms with Crippen molar-refractivity contribution in [3.05, 3.63) is 92.9 Å². The van der Waals surface area contributed by atoms with E-state index in [0.717, 1.165) is 31.9 Å². The molecule has 2 amide bonds. The third-order valence-corrected chi connectivity index (χ3v) is 9.04. The van der Waals surface area contributed by atoms with E-state index in [1.54, 1.807) is 31.2 Å². The molecule has 0 fully saturated rings. The van der Waals surface area contributed by atoms with Crippen molar-refractivity contribution in [3.8, 4) is 0 Å². The normalized spacial score (nSPS) is 12.1. The van der Waals surface area contributed by atoms with Crippen LogP contribution >= 0.6 is 27.5 Å². The van der Waals surface area contributed by atoms with Gasteiger partial charge in [-0.15, -0.1) is 0 Å². The summed E-state index contributed by atoms with van der Waals surface area (Å²) in [4.78, 5) is 28.3. The molecule has 1 unspecified atom stereocenters. The molecule has 0 aromatic heterocycles. The highest BCUT2D eigenvalue weighted by Gasteiger charge is 2.32. The fraction of sp³-hybridized carbons (Fsp3) is 0.310. The molecule has 39 heavy (non-hydrogen) atoms. The number of hydrogen-bond donors (Lipinski definition) is 1. The lowest BCUT2D eigenvalue weighted by atomic mass is 10.1. The van der Waals surface area contributed by atoms with E-state index in [1.807, 2.05) is 45.0 Å². The molecule has 3 aromatic carbocycles. The standard InChI is InChI=1S/C29H33BrClN3O4S/c1-5-16-32-29(36)22(4)33(18-23-9-11-24(30)12-10-23)28(35)19-34(25-13-8-21(3)27(31)17-25)39(37,38)26-14-6-20(2)7-15-26/h6-15,17,22H,5,16,18-19H2,1-4H3,(H,32,36). The first-order valence-corrected chi connectivity index (χ1v) is 15.2. The molecular weight excluding hydrogens is 602 g/mol. The number of amides is 2. The van der Waals surface area contributed by atoms with Crippen LogP contribution in [0.2, 0.25) is 5.02 Å². The van der Waals surface area contributed by atoms with E-state index >= 15 is 0 Å². The Hall–Kier alpha value is -2.88. The summed E-state index contributed by atoms with van der Waals surface area (Å²) in [6.07, 6.45) is 0.746. The summed E-state index contributed by atoms with van der Waals surface area (Å²) >= 11 is 9.77. The number of anilines is 1. The Balaban J connectivity index is 2.04. The summed E-state index contributed by atoms with van der Waals surface area (Å²) in [7, 11) is -4.15. The van der Waals surface area contributed by atoms with Crippen LogP contribution in [0.1, 0.15) is 37.0 Å². The lowest BCUT2D eigenvalue weighted by Crippen LogP contribution is -2.51. The summed E-state index contributed by atoms with van der Waals surface area (Å²) in [5, 5.41) is 3.21. The molecule has 3 aromatic rings. The van der Waals surface area contributed by atoms with Crippen LogP contribution in [0.3, 0.4) is 0 Å². The van der Waals surface area contributed by atoms with Gasteiger partial charge in [-0.1, -0.05) is 70.3 Å². The predicted molar refractivity (Wildman–Crippen MR) is 159 cm³/mol. The molecule has 0 saturated heterocycles. The van der Waals surface area contributed by atoms with E-state index in [-0.39, 0.29) is 23.0 Å². The summed E-state index contributed by atoms with van der Waals surface area (Å²) < 4.78 is 29.7. The first-order chi connectivity index (χ1) is 18.4. The van der Waals surface area contributed by atoms with Crippen molar-refractivity contribution in [2.24, 2.45) is 0 Å². The number of benzene rings is 3. The molecule has 10 heteroatoms. The van der Waals surface area contributed by atoms with Gasteiger partial charge in [-0.3, -0.25) is 13.9 Å². The zero-order chi connectivity index (χ0) is 28.7. The Bertz CT molecular complexity index is 1410. The van der Waals surface area contributed by atoms with Crippen LogP contribution in [0.25, 0.3) is 0 Å². The fourth-order valence-electron chi connectivity index (χ4n) is 3.87. The number of carbonyl (C=O) groups excluding carboxylic acids is 2. The van der Waals surface area contributed by atoms with Gasteiger partial charge < -0.3 is 10.2 Å². The Kier molecular flexibility index (Phi) is 10.6. The smallest absolute Gasteiger partial charge is 0.264 e. The molecule has 0 spiro atoms. The van der Waals surface area contributed by atoms with Gasteiger partial charge >= 0.3 is 0 Å². The van der Waals surface area contributed by atoms with Crippen LogP contribution in [0.15, 0.2) is 76.1 Å². The zero-order valence-electron chi connectivity index (χ0n) is 22.4. The molecule has 0 aliphatic rings. The van der Waals surface area contributed by atoms with Gasteiger partial charge in [0.2, 0.25) is 11.8 Å². The van der Waals surface area contributed by atoms with Crippen molar-refractivity contribution in [2.45, 2.75) is 51.6 Å². The average Bonchev–Trinajstić information content (AvgIpc) is 2.91. The van der Waals surface area contributed by atoms with Crippen molar-refractivity contribution in [1.82, 2.24) is 10.2 Å². The summed E-state index contributed by atoms with van der Waals surface area (Å²) in [5.74, 6) is -0.835. The number of sulfonamides is 1. The average molecular weight is 635 g/mol. The highest BCUT2D eigenvalue weighted by Crippen LogP contribution is 2.29. The van der Waals surface area contributed by atoms with Crippen LogP contribution in [-0.2, 0) is 26.2 Å². The maximum absolute atomic E-state index is 13.9. The maximum atomic E-state index is 13.9. The van der Waals surface area contributed by atoms with E-state index in [4.69, 9.17) is 11.6 Å². The molecule has 1 N–H and O–H groups in total. The fourth-order valence-corrected chi connectivity index (χ4v) is 5.71. The van der Waals surface area contributed by atoms with Gasteiger partial charge in [-0.2, -0.15) is 0 Å². The second-order valence-electron chi connectivity index (χ2n) is 9.37. The summed E-state index contributed by atoms with van der Waals surface area (Å²) in [6.45, 7) is 7.34. The molecule has 7 nitrogen and oxygen atoms in total. The Labute approximate surface area is 244 Å². The predicted octanol–water partition coefficient (Wildman–Crippen LogP) is 5.86. The Morgan fingerprint density at radius 1 is 1.00 bits per heavy atom. The SMILES string of the molecule is CCCNC(=O)C(C)N(Cc1ccc(Br)cc1)C(=O)CN(c1ccc(C)c(Cl)c1)S(=O)(=O)c1ccc(C)cc1. The molecule has 1 atom stereocenters. The van der Waals surface area contributed by atoms with Gasteiger partial charge in [0.1, 0.15) is 12.6 Å². The van der Waals surface area contributed by atoms with Crippen LogP contribution in [-0.4, -0.2) is 44.3 Å².